The fourth-order valence-corrected chi connectivity index (χ4v) is 2.99. The van der Waals surface area contributed by atoms with Crippen LogP contribution in [0.25, 0.3) is 10.9 Å². The third-order valence-corrected chi connectivity index (χ3v) is 4.53. The Labute approximate surface area is 156 Å². The largest absolute Gasteiger partial charge is 0.356 e. The highest BCUT2D eigenvalue weighted by molar-refractivity contribution is 5.77. The van der Waals surface area contributed by atoms with Gasteiger partial charge in [-0.1, -0.05) is 42.0 Å². The van der Waals surface area contributed by atoms with E-state index in [4.69, 9.17) is 0 Å². The van der Waals surface area contributed by atoms with Crippen LogP contribution in [0.3, 0.4) is 0 Å². The molecule has 1 aromatic heterocycles. The van der Waals surface area contributed by atoms with Crippen molar-refractivity contribution >= 4 is 16.8 Å². The summed E-state index contributed by atoms with van der Waals surface area (Å²) in [5.74, 6) is -0.0765. The van der Waals surface area contributed by atoms with Crippen molar-refractivity contribution in [3.05, 3.63) is 80.5 Å². The summed E-state index contributed by atoms with van der Waals surface area (Å²) in [7, 11) is 0. The molecule has 2 aromatic carbocycles. The molecule has 0 spiro atoms. The Morgan fingerprint density at radius 2 is 1.81 bits per heavy atom. The Kier molecular flexibility index (Phi) is 5.86. The molecule has 0 atom stereocenters. The van der Waals surface area contributed by atoms with E-state index in [0.717, 1.165) is 11.0 Å². The maximum atomic E-state index is 12.4. The van der Waals surface area contributed by atoms with Gasteiger partial charge in [-0.25, -0.2) is 4.79 Å². The minimum atomic E-state index is -0.446. The summed E-state index contributed by atoms with van der Waals surface area (Å²) in [4.78, 5) is 39.2. The summed E-state index contributed by atoms with van der Waals surface area (Å²) in [6.45, 7) is 2.82. The fourth-order valence-electron chi connectivity index (χ4n) is 2.99. The summed E-state index contributed by atoms with van der Waals surface area (Å²) in [5.41, 5.74) is 2.14. The first kappa shape index (κ1) is 18.6. The highest BCUT2D eigenvalue weighted by Gasteiger charge is 2.08. The lowest BCUT2D eigenvalue weighted by Gasteiger charge is -2.08. The number of para-hydroxylation sites is 1. The van der Waals surface area contributed by atoms with Crippen LogP contribution in [0, 0.1) is 6.92 Å². The predicted octanol–water partition coefficient (Wildman–Crippen LogP) is 2.14. The molecule has 0 radical (unpaired) electrons. The lowest BCUT2D eigenvalue weighted by atomic mass is 10.1. The van der Waals surface area contributed by atoms with Crippen molar-refractivity contribution in [3.8, 4) is 0 Å². The van der Waals surface area contributed by atoms with Crippen LogP contribution in [0.15, 0.2) is 58.1 Å². The van der Waals surface area contributed by atoms with Crippen molar-refractivity contribution in [2.45, 2.75) is 32.7 Å². The van der Waals surface area contributed by atoms with E-state index in [0.29, 0.717) is 23.9 Å². The van der Waals surface area contributed by atoms with E-state index in [1.165, 1.54) is 11.1 Å². The summed E-state index contributed by atoms with van der Waals surface area (Å²) in [6.07, 6.45) is 1.47. The van der Waals surface area contributed by atoms with E-state index in [-0.39, 0.29) is 24.4 Å². The summed E-state index contributed by atoms with van der Waals surface area (Å²) < 4.78 is 1.15. The third kappa shape index (κ3) is 4.73. The van der Waals surface area contributed by atoms with E-state index in [9.17, 15) is 14.4 Å². The van der Waals surface area contributed by atoms with Gasteiger partial charge in [0.2, 0.25) is 5.91 Å². The molecular formula is C21H23N3O3. The minimum Gasteiger partial charge on any atom is -0.356 e. The third-order valence-electron chi connectivity index (χ3n) is 4.53. The Morgan fingerprint density at radius 3 is 2.59 bits per heavy atom. The predicted molar refractivity (Wildman–Crippen MR) is 106 cm³/mol. The number of aromatic nitrogens is 2. The number of benzene rings is 2. The molecule has 0 aliphatic heterocycles. The number of fused-ring (bicyclic) bond motifs is 1. The Morgan fingerprint density at radius 1 is 1.07 bits per heavy atom. The van der Waals surface area contributed by atoms with Crippen molar-refractivity contribution in [2.24, 2.45) is 0 Å². The van der Waals surface area contributed by atoms with Gasteiger partial charge in [-0.15, -0.1) is 0 Å². The number of aromatic amines is 1. The van der Waals surface area contributed by atoms with Gasteiger partial charge >= 0.3 is 5.69 Å². The van der Waals surface area contributed by atoms with Crippen LogP contribution in [0.2, 0.25) is 0 Å². The first-order valence-corrected chi connectivity index (χ1v) is 9.09. The van der Waals surface area contributed by atoms with Gasteiger partial charge in [-0.05, 0) is 37.5 Å². The van der Waals surface area contributed by atoms with E-state index in [2.05, 4.69) is 34.6 Å². The molecule has 0 aliphatic carbocycles. The number of hydrogen-bond donors (Lipinski definition) is 2. The number of rotatable bonds is 7. The quantitative estimate of drug-likeness (QED) is 0.673. The second-order valence-electron chi connectivity index (χ2n) is 6.62. The van der Waals surface area contributed by atoms with Gasteiger partial charge in [0.25, 0.3) is 5.56 Å². The van der Waals surface area contributed by atoms with Crippen LogP contribution in [-0.2, 0) is 17.8 Å². The smallest absolute Gasteiger partial charge is 0.328 e. The number of hydrogen-bond acceptors (Lipinski definition) is 3. The van der Waals surface area contributed by atoms with Crippen molar-refractivity contribution in [3.63, 3.8) is 0 Å². The lowest BCUT2D eigenvalue weighted by molar-refractivity contribution is -0.121. The molecule has 140 valence electrons. The SMILES string of the molecule is Cc1ccc(CCNC(=O)CCCn2c(=O)[nH]c3ccccc3c2=O)cc1. The summed E-state index contributed by atoms with van der Waals surface area (Å²) in [6, 6.07) is 15.1. The lowest BCUT2D eigenvalue weighted by Crippen LogP contribution is -2.35. The number of nitrogens with one attached hydrogen (secondary N) is 2. The molecule has 27 heavy (non-hydrogen) atoms. The number of carbonyl (C=O) groups is 1. The zero-order valence-electron chi connectivity index (χ0n) is 15.3. The van der Waals surface area contributed by atoms with Gasteiger partial charge in [0, 0.05) is 19.5 Å². The number of H-pyrrole nitrogens is 1. The van der Waals surface area contributed by atoms with Crippen molar-refractivity contribution < 1.29 is 4.79 Å². The summed E-state index contributed by atoms with van der Waals surface area (Å²) in [5, 5.41) is 3.35. The molecule has 3 rings (SSSR count). The Hall–Kier alpha value is -3.15. The first-order valence-electron chi connectivity index (χ1n) is 9.09. The van der Waals surface area contributed by atoms with Gasteiger partial charge < -0.3 is 10.3 Å². The van der Waals surface area contributed by atoms with Gasteiger partial charge in [0.15, 0.2) is 0 Å². The van der Waals surface area contributed by atoms with Crippen LogP contribution in [0.5, 0.6) is 0 Å². The number of aryl methyl sites for hydroxylation is 1. The van der Waals surface area contributed by atoms with Crippen molar-refractivity contribution in [2.75, 3.05) is 6.54 Å². The first-order chi connectivity index (χ1) is 13.0. The maximum absolute atomic E-state index is 12.4. The number of amides is 1. The Bertz CT molecular complexity index is 1050. The fraction of sp³-hybridized carbons (Fsp3) is 0.286. The van der Waals surface area contributed by atoms with Gasteiger partial charge in [-0.3, -0.25) is 14.2 Å². The highest BCUT2D eigenvalue weighted by Crippen LogP contribution is 2.04. The van der Waals surface area contributed by atoms with E-state index in [1.54, 1.807) is 24.3 Å². The van der Waals surface area contributed by atoms with E-state index < -0.39 is 5.69 Å². The molecule has 2 N–H and O–H groups in total. The molecule has 0 saturated heterocycles. The zero-order valence-corrected chi connectivity index (χ0v) is 15.3. The molecule has 0 aliphatic rings. The second-order valence-corrected chi connectivity index (χ2v) is 6.62. The van der Waals surface area contributed by atoms with Crippen molar-refractivity contribution in [1.82, 2.24) is 14.9 Å². The standard InChI is InChI=1S/C21H23N3O3/c1-15-8-10-16(11-9-15)12-13-22-19(25)7-4-14-24-20(26)17-5-2-3-6-18(17)23-21(24)27/h2-3,5-6,8-11H,4,7,12-14H2,1H3,(H,22,25)(H,23,27). The molecule has 1 heterocycles. The topological polar surface area (TPSA) is 84.0 Å². The molecule has 3 aromatic rings. The number of carbonyl (C=O) groups excluding carboxylic acids is 1. The van der Waals surface area contributed by atoms with Crippen LogP contribution in [-0.4, -0.2) is 22.0 Å². The molecule has 0 fully saturated rings. The van der Waals surface area contributed by atoms with E-state index in [1.807, 2.05) is 6.92 Å². The highest BCUT2D eigenvalue weighted by atomic mass is 16.2. The van der Waals surface area contributed by atoms with E-state index >= 15 is 0 Å². The molecule has 0 unspecified atom stereocenters. The average Bonchev–Trinajstić information content (AvgIpc) is 2.66. The van der Waals surface area contributed by atoms with Gasteiger partial charge in [0.05, 0.1) is 10.9 Å². The molecule has 1 amide bonds. The molecule has 0 bridgehead atoms. The average molecular weight is 365 g/mol. The summed E-state index contributed by atoms with van der Waals surface area (Å²) >= 11 is 0. The van der Waals surface area contributed by atoms with Crippen LogP contribution in [0.1, 0.15) is 24.0 Å². The van der Waals surface area contributed by atoms with Crippen molar-refractivity contribution in [1.29, 1.82) is 0 Å². The maximum Gasteiger partial charge on any atom is 0.328 e. The monoisotopic (exact) mass is 365 g/mol. The normalized spacial score (nSPS) is 10.9. The minimum absolute atomic E-state index is 0.0765. The van der Waals surface area contributed by atoms with Crippen LogP contribution < -0.4 is 16.6 Å². The second kappa shape index (κ2) is 8.49. The molecule has 6 nitrogen and oxygen atoms in total. The molecule has 6 heteroatoms. The van der Waals surface area contributed by atoms with Crippen LogP contribution in [0.4, 0.5) is 0 Å². The molecule has 0 saturated carbocycles. The Balaban J connectivity index is 1.50. The number of nitrogens with zero attached hydrogens (tertiary/aromatic N) is 1. The molecular weight excluding hydrogens is 342 g/mol. The van der Waals surface area contributed by atoms with Crippen LogP contribution >= 0.6 is 0 Å². The van der Waals surface area contributed by atoms with Gasteiger partial charge in [0.1, 0.15) is 0 Å². The zero-order chi connectivity index (χ0) is 19.2. The van der Waals surface area contributed by atoms with Gasteiger partial charge in [-0.2, -0.15) is 0 Å².